The zero-order chi connectivity index (χ0) is 11.4. The van der Waals surface area contributed by atoms with E-state index in [2.05, 4.69) is 29.5 Å². The molecular formula is C12H20N2OS. The minimum absolute atomic E-state index is 0.200. The maximum Gasteiger partial charge on any atom is 0.104 e. The molecule has 0 aliphatic carbocycles. The van der Waals surface area contributed by atoms with E-state index in [-0.39, 0.29) is 6.10 Å². The zero-order valence-electron chi connectivity index (χ0n) is 9.98. The van der Waals surface area contributed by atoms with Crippen LogP contribution in [-0.2, 0) is 4.74 Å². The fourth-order valence-corrected chi connectivity index (χ4v) is 2.71. The second-order valence-electron chi connectivity index (χ2n) is 4.67. The highest BCUT2D eigenvalue weighted by Gasteiger charge is 2.28. The van der Waals surface area contributed by atoms with Crippen LogP contribution in [0.4, 0.5) is 0 Å². The number of hydrogen-bond acceptors (Lipinski definition) is 4. The van der Waals surface area contributed by atoms with Gasteiger partial charge < -0.3 is 10.1 Å². The molecule has 0 radical (unpaired) electrons. The third kappa shape index (κ3) is 3.03. The van der Waals surface area contributed by atoms with E-state index >= 15 is 0 Å². The monoisotopic (exact) mass is 240 g/mol. The van der Waals surface area contributed by atoms with Crippen molar-refractivity contribution in [3.63, 3.8) is 0 Å². The second kappa shape index (κ2) is 5.75. The standard InChI is InChI=1S/C12H20N2OS/c1-9(2)13-6-10-4-3-5-15-12(10)11-7-16-8-14-11/h7-10,12-13H,3-6H2,1-2H3. The fourth-order valence-electron chi connectivity index (χ4n) is 2.13. The number of hydrogen-bond donors (Lipinski definition) is 1. The molecule has 16 heavy (non-hydrogen) atoms. The Kier molecular flexibility index (Phi) is 4.32. The third-order valence-corrected chi connectivity index (χ3v) is 3.58. The summed E-state index contributed by atoms with van der Waals surface area (Å²) in [5, 5.41) is 5.61. The van der Waals surface area contributed by atoms with E-state index in [9.17, 15) is 0 Å². The number of nitrogens with one attached hydrogen (secondary N) is 1. The molecule has 90 valence electrons. The van der Waals surface area contributed by atoms with E-state index in [1.807, 2.05) is 5.51 Å². The summed E-state index contributed by atoms with van der Waals surface area (Å²) in [6.07, 6.45) is 2.61. The van der Waals surface area contributed by atoms with Gasteiger partial charge in [0.05, 0.1) is 11.2 Å². The minimum atomic E-state index is 0.200. The molecule has 0 saturated carbocycles. The van der Waals surface area contributed by atoms with Crippen LogP contribution < -0.4 is 5.32 Å². The number of ether oxygens (including phenoxy) is 1. The Balaban J connectivity index is 1.97. The van der Waals surface area contributed by atoms with E-state index in [1.165, 1.54) is 12.8 Å². The number of nitrogens with zero attached hydrogens (tertiary/aromatic N) is 1. The lowest BCUT2D eigenvalue weighted by Gasteiger charge is -2.31. The molecule has 1 aromatic heterocycles. The van der Waals surface area contributed by atoms with Gasteiger partial charge in [0, 0.05) is 30.5 Å². The largest absolute Gasteiger partial charge is 0.372 e. The van der Waals surface area contributed by atoms with Gasteiger partial charge in [0.1, 0.15) is 6.10 Å². The molecule has 0 bridgehead atoms. The highest BCUT2D eigenvalue weighted by Crippen LogP contribution is 2.32. The molecule has 1 N–H and O–H groups in total. The summed E-state index contributed by atoms with van der Waals surface area (Å²) in [6.45, 7) is 6.27. The van der Waals surface area contributed by atoms with Gasteiger partial charge in [0.15, 0.2) is 0 Å². The van der Waals surface area contributed by atoms with Crippen molar-refractivity contribution in [2.45, 2.75) is 38.8 Å². The van der Waals surface area contributed by atoms with Crippen LogP contribution in [0.1, 0.15) is 38.5 Å². The van der Waals surface area contributed by atoms with Crippen molar-refractivity contribution in [2.75, 3.05) is 13.2 Å². The molecule has 2 unspecified atom stereocenters. The summed E-state index contributed by atoms with van der Waals surface area (Å²) in [6, 6.07) is 0.540. The highest BCUT2D eigenvalue weighted by molar-refractivity contribution is 7.07. The molecule has 3 nitrogen and oxygen atoms in total. The number of aromatic nitrogens is 1. The van der Waals surface area contributed by atoms with Gasteiger partial charge >= 0.3 is 0 Å². The smallest absolute Gasteiger partial charge is 0.104 e. The van der Waals surface area contributed by atoms with Crippen LogP contribution in [0.5, 0.6) is 0 Å². The number of rotatable bonds is 4. The topological polar surface area (TPSA) is 34.1 Å². The first-order valence-electron chi connectivity index (χ1n) is 6.00. The van der Waals surface area contributed by atoms with Crippen molar-refractivity contribution >= 4 is 11.3 Å². The molecule has 0 amide bonds. The fraction of sp³-hybridized carbons (Fsp3) is 0.750. The molecule has 2 heterocycles. The first-order chi connectivity index (χ1) is 7.77. The Labute approximate surface area is 101 Å². The van der Waals surface area contributed by atoms with E-state index in [0.717, 1.165) is 18.8 Å². The van der Waals surface area contributed by atoms with Crippen LogP contribution >= 0.6 is 11.3 Å². The van der Waals surface area contributed by atoms with Gasteiger partial charge in [0.2, 0.25) is 0 Å². The predicted octanol–water partition coefficient (Wildman–Crippen LogP) is 2.61. The summed E-state index contributed by atoms with van der Waals surface area (Å²) in [7, 11) is 0. The van der Waals surface area contributed by atoms with E-state index < -0.39 is 0 Å². The summed E-state index contributed by atoms with van der Waals surface area (Å²) in [5.41, 5.74) is 3.00. The normalized spacial score (nSPS) is 26.2. The Bertz CT molecular complexity index is 300. The maximum atomic E-state index is 5.87. The van der Waals surface area contributed by atoms with Gasteiger partial charge in [-0.05, 0) is 12.8 Å². The van der Waals surface area contributed by atoms with Crippen LogP contribution in [-0.4, -0.2) is 24.2 Å². The Hall–Kier alpha value is -0.450. The lowest BCUT2D eigenvalue weighted by atomic mass is 9.92. The van der Waals surface area contributed by atoms with Crippen molar-refractivity contribution in [1.82, 2.24) is 10.3 Å². The van der Waals surface area contributed by atoms with Crippen LogP contribution in [0, 0.1) is 5.92 Å². The van der Waals surface area contributed by atoms with Crippen molar-refractivity contribution < 1.29 is 4.74 Å². The molecule has 2 atom stereocenters. The summed E-state index contributed by atoms with van der Waals surface area (Å²) >= 11 is 1.65. The van der Waals surface area contributed by atoms with E-state index in [1.54, 1.807) is 11.3 Å². The van der Waals surface area contributed by atoms with Crippen molar-refractivity contribution in [1.29, 1.82) is 0 Å². The molecule has 2 rings (SSSR count). The van der Waals surface area contributed by atoms with Gasteiger partial charge in [-0.2, -0.15) is 0 Å². The molecule has 1 fully saturated rings. The van der Waals surface area contributed by atoms with Crippen LogP contribution in [0.3, 0.4) is 0 Å². The maximum absolute atomic E-state index is 5.87. The lowest BCUT2D eigenvalue weighted by Crippen LogP contribution is -2.35. The van der Waals surface area contributed by atoms with Crippen molar-refractivity contribution in [3.8, 4) is 0 Å². The third-order valence-electron chi connectivity index (χ3n) is 2.98. The first-order valence-corrected chi connectivity index (χ1v) is 6.94. The van der Waals surface area contributed by atoms with Crippen LogP contribution in [0.25, 0.3) is 0 Å². The van der Waals surface area contributed by atoms with Gasteiger partial charge in [-0.15, -0.1) is 11.3 Å². The molecule has 1 aliphatic rings. The quantitative estimate of drug-likeness (QED) is 0.878. The van der Waals surface area contributed by atoms with Gasteiger partial charge in [-0.3, -0.25) is 0 Å². The average Bonchev–Trinajstić information content (AvgIpc) is 2.80. The zero-order valence-corrected chi connectivity index (χ0v) is 10.8. The molecular weight excluding hydrogens is 220 g/mol. The summed E-state index contributed by atoms with van der Waals surface area (Å²) in [4.78, 5) is 4.38. The minimum Gasteiger partial charge on any atom is -0.372 e. The molecule has 1 aliphatic heterocycles. The first kappa shape index (κ1) is 12.0. The van der Waals surface area contributed by atoms with Gasteiger partial charge in [-0.25, -0.2) is 4.98 Å². The average molecular weight is 240 g/mol. The second-order valence-corrected chi connectivity index (χ2v) is 5.39. The van der Waals surface area contributed by atoms with Gasteiger partial charge in [0.25, 0.3) is 0 Å². The van der Waals surface area contributed by atoms with Gasteiger partial charge in [-0.1, -0.05) is 13.8 Å². The van der Waals surface area contributed by atoms with E-state index in [4.69, 9.17) is 4.74 Å². The molecule has 1 saturated heterocycles. The Morgan fingerprint density at radius 2 is 2.50 bits per heavy atom. The Morgan fingerprint density at radius 3 is 3.19 bits per heavy atom. The SMILES string of the molecule is CC(C)NCC1CCCOC1c1cscn1. The Morgan fingerprint density at radius 1 is 1.62 bits per heavy atom. The number of thiazole rings is 1. The lowest BCUT2D eigenvalue weighted by molar-refractivity contribution is -0.0303. The molecule has 4 heteroatoms. The molecule has 1 aromatic rings. The van der Waals surface area contributed by atoms with E-state index in [0.29, 0.717) is 12.0 Å². The molecule has 0 aromatic carbocycles. The van der Waals surface area contributed by atoms with Crippen molar-refractivity contribution in [3.05, 3.63) is 16.6 Å². The molecule has 0 spiro atoms. The summed E-state index contributed by atoms with van der Waals surface area (Å²) < 4.78 is 5.87. The highest BCUT2D eigenvalue weighted by atomic mass is 32.1. The summed E-state index contributed by atoms with van der Waals surface area (Å²) in [5.74, 6) is 0.568. The van der Waals surface area contributed by atoms with Crippen LogP contribution in [0.2, 0.25) is 0 Å². The van der Waals surface area contributed by atoms with Crippen LogP contribution in [0.15, 0.2) is 10.9 Å². The predicted molar refractivity (Wildman–Crippen MR) is 66.7 cm³/mol. The van der Waals surface area contributed by atoms with Crippen molar-refractivity contribution in [2.24, 2.45) is 5.92 Å².